The first-order valence-electron chi connectivity index (χ1n) is 5.58. The van der Waals surface area contributed by atoms with Gasteiger partial charge in [-0.2, -0.15) is 0 Å². The van der Waals surface area contributed by atoms with Gasteiger partial charge in [0.1, 0.15) is 5.75 Å². The summed E-state index contributed by atoms with van der Waals surface area (Å²) >= 11 is 0. The largest absolute Gasteiger partial charge is 0.507 e. The topological polar surface area (TPSA) is 40.5 Å². The van der Waals surface area contributed by atoms with E-state index in [-0.39, 0.29) is 12.0 Å². The van der Waals surface area contributed by atoms with Gasteiger partial charge >= 0.3 is 0 Å². The summed E-state index contributed by atoms with van der Waals surface area (Å²) in [6.45, 7) is 0.200. The molecule has 1 aliphatic carbocycles. The predicted octanol–water partition coefficient (Wildman–Crippen LogP) is 2.57. The monoisotopic (exact) mass is 214 g/mol. The van der Waals surface area contributed by atoms with E-state index in [1.54, 1.807) is 6.07 Å². The number of hydrogen-bond acceptors (Lipinski definition) is 2. The van der Waals surface area contributed by atoms with Crippen LogP contribution in [0, 0.1) is 0 Å². The smallest absolute Gasteiger partial charge is 0.123 e. The third-order valence-electron chi connectivity index (χ3n) is 3.63. The Balaban J connectivity index is 2.19. The first-order chi connectivity index (χ1) is 7.75. The van der Waals surface area contributed by atoms with E-state index in [9.17, 15) is 10.2 Å². The zero-order chi connectivity index (χ0) is 11.2. The SMILES string of the molecule is OCC1(c2ccc3cccc(O)c3c2)CC1. The zero-order valence-corrected chi connectivity index (χ0v) is 8.98. The number of benzene rings is 2. The van der Waals surface area contributed by atoms with Crippen molar-refractivity contribution >= 4 is 10.8 Å². The Labute approximate surface area is 94.2 Å². The molecule has 0 aromatic heterocycles. The summed E-state index contributed by atoms with van der Waals surface area (Å²) in [5.41, 5.74) is 1.11. The van der Waals surface area contributed by atoms with Crippen molar-refractivity contribution in [1.82, 2.24) is 0 Å². The van der Waals surface area contributed by atoms with Crippen LogP contribution in [0.15, 0.2) is 36.4 Å². The molecule has 0 aliphatic heterocycles. The van der Waals surface area contributed by atoms with Gasteiger partial charge in [-0.25, -0.2) is 0 Å². The molecule has 0 heterocycles. The van der Waals surface area contributed by atoms with E-state index in [1.165, 1.54) is 0 Å². The van der Waals surface area contributed by atoms with Crippen LogP contribution in [0.5, 0.6) is 5.75 Å². The predicted molar refractivity (Wildman–Crippen MR) is 63.6 cm³/mol. The fourth-order valence-corrected chi connectivity index (χ4v) is 2.27. The van der Waals surface area contributed by atoms with Gasteiger partial charge in [0.2, 0.25) is 0 Å². The summed E-state index contributed by atoms with van der Waals surface area (Å²) in [4.78, 5) is 0. The van der Waals surface area contributed by atoms with Crippen LogP contribution in [0.2, 0.25) is 0 Å². The van der Waals surface area contributed by atoms with Crippen molar-refractivity contribution in [1.29, 1.82) is 0 Å². The van der Waals surface area contributed by atoms with Gasteiger partial charge in [-0.3, -0.25) is 0 Å². The Morgan fingerprint density at radius 2 is 1.94 bits per heavy atom. The maximum absolute atomic E-state index is 9.79. The van der Waals surface area contributed by atoms with Crippen molar-refractivity contribution in [3.05, 3.63) is 42.0 Å². The molecule has 82 valence electrons. The first kappa shape index (κ1) is 9.67. The van der Waals surface area contributed by atoms with Crippen molar-refractivity contribution in [3.63, 3.8) is 0 Å². The van der Waals surface area contributed by atoms with Crippen LogP contribution in [-0.4, -0.2) is 16.8 Å². The maximum atomic E-state index is 9.79. The summed E-state index contributed by atoms with van der Waals surface area (Å²) in [6.07, 6.45) is 2.09. The summed E-state index contributed by atoms with van der Waals surface area (Å²) in [6, 6.07) is 11.6. The van der Waals surface area contributed by atoms with E-state index in [0.29, 0.717) is 5.75 Å². The number of aliphatic hydroxyl groups is 1. The van der Waals surface area contributed by atoms with Crippen molar-refractivity contribution in [3.8, 4) is 5.75 Å². The highest BCUT2D eigenvalue weighted by molar-refractivity contribution is 5.88. The minimum atomic E-state index is -0.0313. The second-order valence-electron chi connectivity index (χ2n) is 4.65. The minimum Gasteiger partial charge on any atom is -0.507 e. The van der Waals surface area contributed by atoms with Crippen LogP contribution in [0.3, 0.4) is 0 Å². The molecule has 16 heavy (non-hydrogen) atoms. The molecule has 2 aromatic rings. The number of aliphatic hydroxyl groups excluding tert-OH is 1. The van der Waals surface area contributed by atoms with E-state index in [1.807, 2.05) is 24.3 Å². The van der Waals surface area contributed by atoms with Crippen LogP contribution in [0.1, 0.15) is 18.4 Å². The summed E-state index contributed by atoms with van der Waals surface area (Å²) in [5.74, 6) is 0.313. The molecule has 2 nitrogen and oxygen atoms in total. The minimum absolute atomic E-state index is 0.0313. The number of aromatic hydroxyl groups is 1. The summed E-state index contributed by atoms with van der Waals surface area (Å²) in [5, 5.41) is 21.1. The average Bonchev–Trinajstić information content (AvgIpc) is 3.10. The quantitative estimate of drug-likeness (QED) is 0.806. The van der Waals surface area contributed by atoms with E-state index >= 15 is 0 Å². The Morgan fingerprint density at radius 1 is 1.12 bits per heavy atom. The molecule has 0 atom stereocenters. The molecular weight excluding hydrogens is 200 g/mol. The zero-order valence-electron chi connectivity index (χ0n) is 8.98. The van der Waals surface area contributed by atoms with Crippen LogP contribution >= 0.6 is 0 Å². The summed E-state index contributed by atoms with van der Waals surface area (Å²) < 4.78 is 0. The molecule has 0 radical (unpaired) electrons. The molecule has 2 aromatic carbocycles. The lowest BCUT2D eigenvalue weighted by Crippen LogP contribution is -2.11. The van der Waals surface area contributed by atoms with E-state index in [4.69, 9.17) is 0 Å². The third kappa shape index (κ3) is 1.30. The number of phenols is 1. The molecule has 3 rings (SSSR count). The van der Waals surface area contributed by atoms with Crippen molar-refractivity contribution in [2.45, 2.75) is 18.3 Å². The van der Waals surface area contributed by atoms with Gasteiger partial charge < -0.3 is 10.2 Å². The Bertz CT molecular complexity index is 541. The molecule has 1 saturated carbocycles. The highest BCUT2D eigenvalue weighted by atomic mass is 16.3. The average molecular weight is 214 g/mol. The van der Waals surface area contributed by atoms with E-state index in [2.05, 4.69) is 6.07 Å². The Morgan fingerprint density at radius 3 is 2.62 bits per heavy atom. The molecule has 0 bridgehead atoms. The molecule has 1 fully saturated rings. The number of phenolic OH excluding ortho intramolecular Hbond substituents is 1. The van der Waals surface area contributed by atoms with E-state index < -0.39 is 0 Å². The molecule has 0 spiro atoms. The molecular formula is C14H14O2. The maximum Gasteiger partial charge on any atom is 0.123 e. The van der Waals surface area contributed by atoms with Gasteiger partial charge in [0, 0.05) is 10.8 Å². The molecule has 0 amide bonds. The number of fused-ring (bicyclic) bond motifs is 1. The number of rotatable bonds is 2. The van der Waals surface area contributed by atoms with Gasteiger partial charge in [0.05, 0.1) is 6.61 Å². The van der Waals surface area contributed by atoms with Gasteiger partial charge in [-0.1, -0.05) is 24.3 Å². The molecule has 2 heteroatoms. The molecule has 0 saturated heterocycles. The van der Waals surface area contributed by atoms with Crippen LogP contribution in [0.4, 0.5) is 0 Å². The van der Waals surface area contributed by atoms with E-state index in [0.717, 1.165) is 29.2 Å². The van der Waals surface area contributed by atoms with Gasteiger partial charge in [-0.05, 0) is 35.9 Å². The molecule has 1 aliphatic rings. The highest BCUT2D eigenvalue weighted by Gasteiger charge is 2.43. The lowest BCUT2D eigenvalue weighted by atomic mass is 9.94. The van der Waals surface area contributed by atoms with Gasteiger partial charge in [0.15, 0.2) is 0 Å². The van der Waals surface area contributed by atoms with Crippen LogP contribution < -0.4 is 0 Å². The van der Waals surface area contributed by atoms with Crippen molar-refractivity contribution in [2.24, 2.45) is 0 Å². The summed E-state index contributed by atoms with van der Waals surface area (Å²) in [7, 11) is 0. The van der Waals surface area contributed by atoms with Gasteiger partial charge in [-0.15, -0.1) is 0 Å². The highest BCUT2D eigenvalue weighted by Crippen LogP contribution is 2.48. The lowest BCUT2D eigenvalue weighted by Gasteiger charge is -2.13. The Kier molecular flexibility index (Phi) is 1.95. The second-order valence-corrected chi connectivity index (χ2v) is 4.65. The first-order valence-corrected chi connectivity index (χ1v) is 5.58. The third-order valence-corrected chi connectivity index (χ3v) is 3.63. The van der Waals surface area contributed by atoms with Gasteiger partial charge in [0.25, 0.3) is 0 Å². The lowest BCUT2D eigenvalue weighted by molar-refractivity contribution is 0.255. The van der Waals surface area contributed by atoms with Crippen molar-refractivity contribution in [2.75, 3.05) is 6.61 Å². The van der Waals surface area contributed by atoms with Crippen molar-refractivity contribution < 1.29 is 10.2 Å². The normalized spacial score (nSPS) is 17.6. The molecule has 0 unspecified atom stereocenters. The molecule has 2 N–H and O–H groups in total. The fraction of sp³-hybridized carbons (Fsp3) is 0.286. The van der Waals surface area contributed by atoms with Crippen LogP contribution in [0.25, 0.3) is 10.8 Å². The van der Waals surface area contributed by atoms with Crippen LogP contribution in [-0.2, 0) is 5.41 Å². The second kappa shape index (κ2) is 3.22. The standard InChI is InChI=1S/C14H14O2/c15-9-14(6-7-14)11-5-4-10-2-1-3-13(16)12(10)8-11/h1-5,8,15-16H,6-7,9H2. The number of hydrogen-bond donors (Lipinski definition) is 2. The fourth-order valence-electron chi connectivity index (χ4n) is 2.27. The Hall–Kier alpha value is -1.54.